The lowest BCUT2D eigenvalue weighted by Crippen LogP contribution is -2.29. The first-order valence-electron chi connectivity index (χ1n) is 8.82. The fourth-order valence-corrected chi connectivity index (χ4v) is 2.71. The molecule has 0 aliphatic rings. The molecule has 0 atom stereocenters. The Morgan fingerprint density at radius 3 is 2.56 bits per heavy atom. The van der Waals surface area contributed by atoms with Gasteiger partial charge in [0.1, 0.15) is 0 Å². The number of carbonyl (C=O) groups excluding carboxylic acids is 2. The summed E-state index contributed by atoms with van der Waals surface area (Å²) in [5, 5.41) is 2.82. The predicted molar refractivity (Wildman–Crippen MR) is 106 cm³/mol. The van der Waals surface area contributed by atoms with Crippen LogP contribution in [-0.2, 0) is 11.3 Å². The van der Waals surface area contributed by atoms with Gasteiger partial charge in [-0.25, -0.2) is 0 Å². The zero-order valence-electron chi connectivity index (χ0n) is 16.2. The first-order valence-corrected chi connectivity index (χ1v) is 8.82. The van der Waals surface area contributed by atoms with Crippen LogP contribution in [0.4, 0.5) is 5.69 Å². The molecule has 0 aromatic heterocycles. The molecule has 0 aliphatic heterocycles. The third-order valence-electron chi connectivity index (χ3n) is 3.95. The van der Waals surface area contributed by atoms with Gasteiger partial charge in [-0.1, -0.05) is 18.2 Å². The van der Waals surface area contributed by atoms with Crippen molar-refractivity contribution in [1.82, 2.24) is 4.90 Å². The van der Waals surface area contributed by atoms with Gasteiger partial charge < -0.3 is 14.8 Å². The van der Waals surface area contributed by atoms with Gasteiger partial charge in [0.05, 0.1) is 20.3 Å². The van der Waals surface area contributed by atoms with E-state index in [1.807, 2.05) is 37.1 Å². The number of ether oxygens (including phenoxy) is 2. The maximum Gasteiger partial charge on any atom is 0.238 e. The average molecular weight is 370 g/mol. The molecule has 0 saturated heterocycles. The van der Waals surface area contributed by atoms with Crippen molar-refractivity contribution >= 4 is 17.4 Å². The smallest absolute Gasteiger partial charge is 0.238 e. The van der Waals surface area contributed by atoms with E-state index in [1.165, 1.54) is 6.92 Å². The largest absolute Gasteiger partial charge is 0.493 e. The lowest BCUT2D eigenvalue weighted by Gasteiger charge is -2.18. The summed E-state index contributed by atoms with van der Waals surface area (Å²) in [4.78, 5) is 25.6. The summed E-state index contributed by atoms with van der Waals surface area (Å²) in [6, 6.07) is 12.7. The van der Waals surface area contributed by atoms with Crippen LogP contribution in [0.5, 0.6) is 11.5 Å². The first kappa shape index (κ1) is 20.5. The molecule has 27 heavy (non-hydrogen) atoms. The summed E-state index contributed by atoms with van der Waals surface area (Å²) in [5.74, 6) is 1.20. The predicted octanol–water partition coefficient (Wildman–Crippen LogP) is 3.37. The Labute approximate surface area is 160 Å². The molecule has 0 saturated carbocycles. The van der Waals surface area contributed by atoms with E-state index < -0.39 is 0 Å². The molecular weight excluding hydrogens is 344 g/mol. The summed E-state index contributed by atoms with van der Waals surface area (Å²) >= 11 is 0. The summed E-state index contributed by atoms with van der Waals surface area (Å²) in [5.41, 5.74) is 2.20. The number of hydrogen-bond donors (Lipinski definition) is 1. The highest BCUT2D eigenvalue weighted by atomic mass is 16.5. The minimum atomic E-state index is -0.142. The molecule has 2 aromatic rings. The van der Waals surface area contributed by atoms with Crippen LogP contribution < -0.4 is 14.8 Å². The van der Waals surface area contributed by atoms with Crippen LogP contribution in [-0.4, -0.2) is 43.9 Å². The molecular formula is C21H26N2O4. The number of methoxy groups -OCH3 is 1. The molecule has 6 heteroatoms. The van der Waals surface area contributed by atoms with Crippen molar-refractivity contribution in [3.05, 3.63) is 53.6 Å². The van der Waals surface area contributed by atoms with Gasteiger partial charge in [-0.15, -0.1) is 0 Å². The van der Waals surface area contributed by atoms with E-state index in [4.69, 9.17) is 9.47 Å². The Hall–Kier alpha value is -2.86. The monoisotopic (exact) mass is 370 g/mol. The number of rotatable bonds is 9. The summed E-state index contributed by atoms with van der Waals surface area (Å²) in [6.07, 6.45) is 0. The van der Waals surface area contributed by atoms with Crippen LogP contribution in [0.2, 0.25) is 0 Å². The Morgan fingerprint density at radius 1 is 1.11 bits per heavy atom. The van der Waals surface area contributed by atoms with E-state index >= 15 is 0 Å². The summed E-state index contributed by atoms with van der Waals surface area (Å²) < 4.78 is 10.9. The number of hydrogen-bond acceptors (Lipinski definition) is 5. The molecule has 2 aromatic carbocycles. The van der Waals surface area contributed by atoms with Crippen LogP contribution in [0.1, 0.15) is 29.8 Å². The van der Waals surface area contributed by atoms with Gasteiger partial charge in [0.2, 0.25) is 5.91 Å². The Morgan fingerprint density at radius 2 is 1.89 bits per heavy atom. The number of likely N-dealkylation sites (N-methyl/N-ethyl adjacent to an activating group) is 1. The average Bonchev–Trinajstić information content (AvgIpc) is 2.63. The molecule has 2 rings (SSSR count). The lowest BCUT2D eigenvalue weighted by atomic mass is 10.1. The van der Waals surface area contributed by atoms with E-state index in [0.29, 0.717) is 35.9 Å². The van der Waals surface area contributed by atoms with Gasteiger partial charge in [-0.3, -0.25) is 14.5 Å². The lowest BCUT2D eigenvalue weighted by molar-refractivity contribution is -0.117. The summed E-state index contributed by atoms with van der Waals surface area (Å²) in [7, 11) is 3.47. The van der Waals surface area contributed by atoms with Gasteiger partial charge in [0.25, 0.3) is 0 Å². The molecule has 1 amide bonds. The van der Waals surface area contributed by atoms with Crippen molar-refractivity contribution in [2.75, 3.05) is 32.6 Å². The normalized spacial score (nSPS) is 10.6. The van der Waals surface area contributed by atoms with Crippen molar-refractivity contribution in [1.29, 1.82) is 0 Å². The number of benzene rings is 2. The van der Waals surface area contributed by atoms with E-state index in [9.17, 15) is 9.59 Å². The molecule has 0 unspecified atom stereocenters. The second kappa shape index (κ2) is 9.73. The van der Waals surface area contributed by atoms with Crippen LogP contribution in [0.15, 0.2) is 42.5 Å². The number of amides is 1. The SMILES string of the molecule is CCOc1ccc(CN(C)CC(=O)Nc2cccc(C(C)=O)c2)cc1OC. The molecule has 1 N–H and O–H groups in total. The number of carbonyl (C=O) groups is 2. The number of ketones is 1. The van der Waals surface area contributed by atoms with Gasteiger partial charge in [0, 0.05) is 17.8 Å². The van der Waals surface area contributed by atoms with Gasteiger partial charge >= 0.3 is 0 Å². The number of nitrogens with one attached hydrogen (secondary N) is 1. The molecule has 6 nitrogen and oxygen atoms in total. The maximum absolute atomic E-state index is 12.3. The number of anilines is 1. The quantitative estimate of drug-likeness (QED) is 0.686. The minimum Gasteiger partial charge on any atom is -0.493 e. The van der Waals surface area contributed by atoms with Crippen molar-refractivity contribution in [3.8, 4) is 11.5 Å². The van der Waals surface area contributed by atoms with Crippen molar-refractivity contribution in [3.63, 3.8) is 0 Å². The molecule has 0 spiro atoms. The highest BCUT2D eigenvalue weighted by molar-refractivity contribution is 5.97. The standard InChI is InChI=1S/C21H26N2O4/c1-5-27-19-10-9-16(11-20(19)26-4)13-23(3)14-21(25)22-18-8-6-7-17(12-18)15(2)24/h6-12H,5,13-14H2,1-4H3,(H,22,25). The molecule has 144 valence electrons. The first-order chi connectivity index (χ1) is 12.9. The zero-order valence-corrected chi connectivity index (χ0v) is 16.2. The summed E-state index contributed by atoms with van der Waals surface area (Å²) in [6.45, 7) is 4.80. The Bertz CT molecular complexity index is 805. The van der Waals surface area contributed by atoms with Crippen molar-refractivity contribution in [2.24, 2.45) is 0 Å². The maximum atomic E-state index is 12.3. The highest BCUT2D eigenvalue weighted by Crippen LogP contribution is 2.28. The Kier molecular flexibility index (Phi) is 7.37. The number of nitrogens with zero attached hydrogens (tertiary/aromatic N) is 1. The highest BCUT2D eigenvalue weighted by Gasteiger charge is 2.11. The third-order valence-corrected chi connectivity index (χ3v) is 3.95. The Balaban J connectivity index is 1.95. The second-order valence-electron chi connectivity index (χ2n) is 6.28. The van der Waals surface area contributed by atoms with E-state index in [2.05, 4.69) is 5.32 Å². The topological polar surface area (TPSA) is 67.9 Å². The zero-order chi connectivity index (χ0) is 19.8. The fourth-order valence-electron chi connectivity index (χ4n) is 2.71. The molecule has 0 heterocycles. The van der Waals surface area contributed by atoms with E-state index in [-0.39, 0.29) is 18.2 Å². The van der Waals surface area contributed by atoms with Gasteiger partial charge in [-0.05, 0) is 50.7 Å². The van der Waals surface area contributed by atoms with Crippen LogP contribution in [0.25, 0.3) is 0 Å². The molecule has 0 fully saturated rings. The minimum absolute atomic E-state index is 0.0346. The molecule has 0 aliphatic carbocycles. The van der Waals surface area contributed by atoms with Crippen molar-refractivity contribution < 1.29 is 19.1 Å². The number of Topliss-reactive ketones (excluding diaryl/α,β-unsaturated/α-hetero) is 1. The van der Waals surface area contributed by atoms with E-state index in [0.717, 1.165) is 5.56 Å². The van der Waals surface area contributed by atoms with Crippen LogP contribution in [0.3, 0.4) is 0 Å². The third kappa shape index (κ3) is 6.11. The van der Waals surface area contributed by atoms with E-state index in [1.54, 1.807) is 31.4 Å². The van der Waals surface area contributed by atoms with Gasteiger partial charge in [0.15, 0.2) is 17.3 Å². The fraction of sp³-hybridized carbons (Fsp3) is 0.333. The second-order valence-corrected chi connectivity index (χ2v) is 6.28. The van der Waals surface area contributed by atoms with Crippen LogP contribution >= 0.6 is 0 Å². The van der Waals surface area contributed by atoms with Crippen molar-refractivity contribution in [2.45, 2.75) is 20.4 Å². The molecule has 0 radical (unpaired) electrons. The molecule has 0 bridgehead atoms. The van der Waals surface area contributed by atoms with Crippen LogP contribution in [0, 0.1) is 0 Å². The van der Waals surface area contributed by atoms with Gasteiger partial charge in [-0.2, -0.15) is 0 Å².